The van der Waals surface area contributed by atoms with Crippen LogP contribution in [0.1, 0.15) is 24.2 Å². The Labute approximate surface area is 115 Å². The van der Waals surface area contributed by atoms with Crippen LogP contribution in [-0.2, 0) is 0 Å². The zero-order chi connectivity index (χ0) is 12.6. The summed E-state index contributed by atoms with van der Waals surface area (Å²) in [6.45, 7) is 5.96. The van der Waals surface area contributed by atoms with E-state index in [4.69, 9.17) is 0 Å². The van der Waals surface area contributed by atoms with Gasteiger partial charge in [0.2, 0.25) is 0 Å². The van der Waals surface area contributed by atoms with Crippen LogP contribution in [0.2, 0.25) is 0 Å². The molecule has 0 spiro atoms. The van der Waals surface area contributed by atoms with Crippen molar-refractivity contribution in [3.63, 3.8) is 0 Å². The molecular formula is C13H16INO2. The van der Waals surface area contributed by atoms with E-state index in [0.29, 0.717) is 17.4 Å². The first-order valence-corrected chi connectivity index (χ1v) is 6.84. The van der Waals surface area contributed by atoms with Crippen LogP contribution in [0.4, 0.5) is 0 Å². The molecule has 1 aromatic rings. The first kappa shape index (κ1) is 12.7. The van der Waals surface area contributed by atoms with Gasteiger partial charge in [0, 0.05) is 18.7 Å². The topological polar surface area (TPSA) is 40.5 Å². The summed E-state index contributed by atoms with van der Waals surface area (Å²) >= 11 is 2.04. The van der Waals surface area contributed by atoms with Crippen LogP contribution in [0, 0.1) is 15.4 Å². The lowest BCUT2D eigenvalue weighted by Crippen LogP contribution is -2.28. The predicted molar refractivity (Wildman–Crippen MR) is 75.1 cm³/mol. The molecule has 3 nitrogen and oxygen atoms in total. The lowest BCUT2D eigenvalue weighted by atomic mass is 10.0. The fourth-order valence-corrected chi connectivity index (χ4v) is 2.46. The number of carbonyl (C=O) groups excluding carboxylic acids is 1. The van der Waals surface area contributed by atoms with E-state index in [-0.39, 0.29) is 11.7 Å². The number of nitrogens with zero attached hydrogens (tertiary/aromatic N) is 1. The van der Waals surface area contributed by atoms with Gasteiger partial charge in [-0.2, -0.15) is 0 Å². The maximum Gasteiger partial charge on any atom is 0.254 e. The van der Waals surface area contributed by atoms with Crippen molar-refractivity contribution in [2.45, 2.75) is 13.8 Å². The smallest absolute Gasteiger partial charge is 0.254 e. The number of hydrogen-bond acceptors (Lipinski definition) is 2. The summed E-state index contributed by atoms with van der Waals surface area (Å²) in [5.41, 5.74) is 0.573. The molecule has 0 aliphatic carbocycles. The summed E-state index contributed by atoms with van der Waals surface area (Å²) < 4.78 is 0.766. The van der Waals surface area contributed by atoms with E-state index in [1.165, 1.54) is 0 Å². The van der Waals surface area contributed by atoms with Crippen molar-refractivity contribution in [3.8, 4) is 5.75 Å². The maximum absolute atomic E-state index is 12.2. The quantitative estimate of drug-likeness (QED) is 0.795. The van der Waals surface area contributed by atoms with E-state index in [1.54, 1.807) is 18.2 Å². The van der Waals surface area contributed by atoms with Gasteiger partial charge in [-0.05, 0) is 52.6 Å². The van der Waals surface area contributed by atoms with Crippen molar-refractivity contribution in [2.75, 3.05) is 13.1 Å². The monoisotopic (exact) mass is 345 g/mol. The van der Waals surface area contributed by atoms with Crippen LogP contribution >= 0.6 is 22.6 Å². The number of phenolic OH excluding ortho intramolecular Hbond substituents is 1. The van der Waals surface area contributed by atoms with Gasteiger partial charge in [-0.15, -0.1) is 0 Å². The van der Waals surface area contributed by atoms with E-state index in [9.17, 15) is 9.90 Å². The Morgan fingerprint density at radius 2 is 1.94 bits per heavy atom. The second-order valence-electron chi connectivity index (χ2n) is 4.83. The summed E-state index contributed by atoms with van der Waals surface area (Å²) in [4.78, 5) is 14.1. The zero-order valence-corrected chi connectivity index (χ0v) is 12.1. The molecule has 2 atom stereocenters. The third-order valence-electron chi connectivity index (χ3n) is 3.47. The minimum atomic E-state index is 0.0212. The van der Waals surface area contributed by atoms with Gasteiger partial charge in [0.05, 0.1) is 3.57 Å². The summed E-state index contributed by atoms with van der Waals surface area (Å²) in [5.74, 6) is 1.30. The highest BCUT2D eigenvalue weighted by Crippen LogP contribution is 2.26. The van der Waals surface area contributed by atoms with Crippen LogP contribution in [-0.4, -0.2) is 29.0 Å². The molecule has 1 amide bonds. The fourth-order valence-electron chi connectivity index (χ4n) is 2.12. The van der Waals surface area contributed by atoms with Gasteiger partial charge >= 0.3 is 0 Å². The van der Waals surface area contributed by atoms with Crippen molar-refractivity contribution >= 4 is 28.5 Å². The Bertz CT molecular complexity index is 437. The van der Waals surface area contributed by atoms with Gasteiger partial charge in [-0.3, -0.25) is 4.79 Å². The fraction of sp³-hybridized carbons (Fsp3) is 0.462. The van der Waals surface area contributed by atoms with E-state index in [2.05, 4.69) is 13.8 Å². The van der Waals surface area contributed by atoms with E-state index in [1.807, 2.05) is 27.5 Å². The second kappa shape index (κ2) is 4.84. The Hall–Kier alpha value is -0.780. The third-order valence-corrected chi connectivity index (χ3v) is 4.38. The van der Waals surface area contributed by atoms with Gasteiger partial charge in [0.15, 0.2) is 0 Å². The number of carbonyl (C=O) groups is 1. The summed E-state index contributed by atoms with van der Waals surface area (Å²) in [5, 5.41) is 9.62. The normalized spacial score (nSPS) is 24.1. The van der Waals surface area contributed by atoms with E-state index < -0.39 is 0 Å². The van der Waals surface area contributed by atoms with Crippen molar-refractivity contribution in [3.05, 3.63) is 27.3 Å². The molecule has 0 aromatic heterocycles. The van der Waals surface area contributed by atoms with Gasteiger partial charge < -0.3 is 10.0 Å². The second-order valence-corrected chi connectivity index (χ2v) is 5.99. The number of amides is 1. The van der Waals surface area contributed by atoms with Crippen molar-refractivity contribution in [1.82, 2.24) is 4.90 Å². The molecule has 1 aliphatic rings. The highest BCUT2D eigenvalue weighted by molar-refractivity contribution is 14.1. The molecule has 0 bridgehead atoms. The van der Waals surface area contributed by atoms with Crippen molar-refractivity contribution in [2.24, 2.45) is 11.8 Å². The highest BCUT2D eigenvalue weighted by Gasteiger charge is 2.29. The van der Waals surface area contributed by atoms with Gasteiger partial charge in [-0.25, -0.2) is 0 Å². The molecule has 1 fully saturated rings. The number of hydrogen-bond donors (Lipinski definition) is 1. The van der Waals surface area contributed by atoms with Crippen LogP contribution in [0.3, 0.4) is 0 Å². The highest BCUT2D eigenvalue weighted by atomic mass is 127. The number of halogens is 1. The third kappa shape index (κ3) is 2.56. The molecule has 1 heterocycles. The Kier molecular flexibility index (Phi) is 3.61. The molecule has 1 N–H and O–H groups in total. The van der Waals surface area contributed by atoms with Crippen LogP contribution in [0.15, 0.2) is 18.2 Å². The molecule has 1 aliphatic heterocycles. The predicted octanol–water partition coefficient (Wildman–Crippen LogP) is 2.72. The lowest BCUT2D eigenvalue weighted by Gasteiger charge is -2.16. The average molecular weight is 345 g/mol. The Morgan fingerprint density at radius 3 is 2.47 bits per heavy atom. The molecule has 1 saturated heterocycles. The Balaban J connectivity index is 2.17. The van der Waals surface area contributed by atoms with Crippen molar-refractivity contribution in [1.29, 1.82) is 0 Å². The number of likely N-dealkylation sites (tertiary alicyclic amines) is 1. The Morgan fingerprint density at radius 1 is 1.35 bits per heavy atom. The van der Waals surface area contributed by atoms with Gasteiger partial charge in [0.25, 0.3) is 5.91 Å². The van der Waals surface area contributed by atoms with E-state index >= 15 is 0 Å². The van der Waals surface area contributed by atoms with Gasteiger partial charge in [-0.1, -0.05) is 13.8 Å². The molecular weight excluding hydrogens is 329 g/mol. The maximum atomic E-state index is 12.2. The lowest BCUT2D eigenvalue weighted by molar-refractivity contribution is 0.0784. The molecule has 17 heavy (non-hydrogen) atoms. The van der Waals surface area contributed by atoms with Gasteiger partial charge in [0.1, 0.15) is 5.75 Å². The summed E-state index contributed by atoms with van der Waals surface area (Å²) in [6.07, 6.45) is 0. The number of benzene rings is 1. The summed E-state index contributed by atoms with van der Waals surface area (Å²) in [6, 6.07) is 5.10. The van der Waals surface area contributed by atoms with E-state index in [0.717, 1.165) is 16.7 Å². The molecule has 92 valence electrons. The summed E-state index contributed by atoms with van der Waals surface area (Å²) in [7, 11) is 0. The zero-order valence-electron chi connectivity index (χ0n) is 9.98. The molecule has 0 saturated carbocycles. The minimum Gasteiger partial charge on any atom is -0.507 e. The number of rotatable bonds is 1. The number of phenols is 1. The molecule has 0 radical (unpaired) electrons. The van der Waals surface area contributed by atoms with Crippen molar-refractivity contribution < 1.29 is 9.90 Å². The molecule has 2 unspecified atom stereocenters. The molecule has 2 rings (SSSR count). The largest absolute Gasteiger partial charge is 0.507 e. The average Bonchev–Trinajstić information content (AvgIpc) is 2.62. The first-order valence-electron chi connectivity index (χ1n) is 5.77. The SMILES string of the molecule is CC1CN(C(=O)c2ccc(I)c(O)c2)CC1C. The molecule has 1 aromatic carbocycles. The minimum absolute atomic E-state index is 0.0212. The number of aromatic hydroxyl groups is 1. The first-order chi connectivity index (χ1) is 7.99. The molecule has 4 heteroatoms. The van der Waals surface area contributed by atoms with Crippen LogP contribution < -0.4 is 0 Å². The standard InChI is InChI=1S/C13H16INO2/c1-8-6-15(7-9(8)2)13(17)10-3-4-11(14)12(16)5-10/h3-5,8-9,16H,6-7H2,1-2H3. The van der Waals surface area contributed by atoms with Crippen LogP contribution in [0.25, 0.3) is 0 Å². The van der Waals surface area contributed by atoms with Crippen LogP contribution in [0.5, 0.6) is 5.75 Å².